The van der Waals surface area contributed by atoms with Gasteiger partial charge in [-0.05, 0) is 33.2 Å². The number of hydrogen-bond donors (Lipinski definition) is 1. The summed E-state index contributed by atoms with van der Waals surface area (Å²) in [4.78, 5) is 21.9. The number of carbonyl (C=O) groups excluding carboxylic acids is 1. The second-order valence-electron chi connectivity index (χ2n) is 6.62. The first-order chi connectivity index (χ1) is 12.4. The fraction of sp³-hybridized carbons (Fsp3) is 0.500. The first kappa shape index (κ1) is 18.7. The maximum Gasteiger partial charge on any atom is 0.230 e. The number of hydrogen-bond acceptors (Lipinski definition) is 6. The number of carbonyl (C=O) groups is 1. The predicted octanol–water partition coefficient (Wildman–Crippen LogP) is 3.30. The summed E-state index contributed by atoms with van der Waals surface area (Å²) in [6.45, 7) is 7.37. The molecule has 26 heavy (non-hydrogen) atoms. The van der Waals surface area contributed by atoms with Gasteiger partial charge in [-0.2, -0.15) is 9.37 Å². The summed E-state index contributed by atoms with van der Waals surface area (Å²) in [6.07, 6.45) is 2.03. The van der Waals surface area contributed by atoms with Gasteiger partial charge in [-0.1, -0.05) is 11.3 Å². The van der Waals surface area contributed by atoms with Crippen LogP contribution < -0.4 is 10.1 Å². The molecule has 2 aromatic rings. The number of amides is 1. The van der Waals surface area contributed by atoms with Crippen LogP contribution in [0.15, 0.2) is 12.1 Å². The van der Waals surface area contributed by atoms with Gasteiger partial charge in [0.1, 0.15) is 11.9 Å². The molecule has 6 nitrogen and oxygen atoms in total. The first-order valence-corrected chi connectivity index (χ1v) is 9.48. The van der Waals surface area contributed by atoms with Crippen LogP contribution in [0.25, 0.3) is 0 Å². The van der Waals surface area contributed by atoms with Crippen LogP contribution in [0, 0.1) is 19.8 Å². The number of likely N-dealkylation sites (tertiary alicyclic amines) is 1. The van der Waals surface area contributed by atoms with E-state index in [9.17, 15) is 9.18 Å². The Morgan fingerprint density at radius 1 is 1.38 bits per heavy atom. The van der Waals surface area contributed by atoms with E-state index in [0.29, 0.717) is 16.6 Å². The molecule has 1 saturated heterocycles. The van der Waals surface area contributed by atoms with E-state index in [1.807, 2.05) is 26.0 Å². The number of aryl methyl sites for hydroxylation is 2. The van der Waals surface area contributed by atoms with E-state index < -0.39 is 5.95 Å². The molecular weight excluding hydrogens is 355 g/mol. The third kappa shape index (κ3) is 4.98. The van der Waals surface area contributed by atoms with Crippen molar-refractivity contribution < 1.29 is 13.9 Å². The quantitative estimate of drug-likeness (QED) is 0.865. The standard InChI is InChI=1S/C18H23FN4O2S/c1-11-7-15(8-12(2)20-11)25-14-5-4-6-23(9-14)10-16-17(19)22-18(26-16)21-13(3)24/h7-8,14H,4-6,9-10H2,1-3H3,(H,21,22,24). The molecule has 0 radical (unpaired) electrons. The summed E-state index contributed by atoms with van der Waals surface area (Å²) in [6, 6.07) is 3.88. The molecule has 0 aliphatic carbocycles. The highest BCUT2D eigenvalue weighted by molar-refractivity contribution is 7.15. The fourth-order valence-corrected chi connectivity index (χ4v) is 4.08. The van der Waals surface area contributed by atoms with Gasteiger partial charge in [0.2, 0.25) is 11.9 Å². The van der Waals surface area contributed by atoms with E-state index >= 15 is 0 Å². The highest BCUT2D eigenvalue weighted by atomic mass is 32.1. The first-order valence-electron chi connectivity index (χ1n) is 8.66. The maximum atomic E-state index is 14.0. The number of rotatable bonds is 5. The van der Waals surface area contributed by atoms with Gasteiger partial charge in [-0.25, -0.2) is 0 Å². The molecule has 1 aliphatic heterocycles. The number of pyridine rings is 1. The van der Waals surface area contributed by atoms with E-state index in [0.717, 1.165) is 43.1 Å². The molecule has 0 saturated carbocycles. The minimum atomic E-state index is -0.512. The van der Waals surface area contributed by atoms with E-state index in [-0.39, 0.29) is 12.0 Å². The molecule has 0 spiro atoms. The molecule has 3 heterocycles. The van der Waals surface area contributed by atoms with Crippen molar-refractivity contribution in [3.8, 4) is 5.75 Å². The van der Waals surface area contributed by atoms with Crippen LogP contribution in [-0.2, 0) is 11.3 Å². The number of piperidine rings is 1. The Balaban J connectivity index is 1.61. The molecule has 0 bridgehead atoms. The number of anilines is 1. The molecule has 3 rings (SSSR count). The zero-order valence-electron chi connectivity index (χ0n) is 15.2. The lowest BCUT2D eigenvalue weighted by Crippen LogP contribution is -2.40. The van der Waals surface area contributed by atoms with Gasteiger partial charge in [0.05, 0.1) is 4.88 Å². The highest BCUT2D eigenvalue weighted by Gasteiger charge is 2.24. The number of aromatic nitrogens is 2. The molecule has 1 aliphatic rings. The summed E-state index contributed by atoms with van der Waals surface area (Å²) in [5.41, 5.74) is 1.87. The highest BCUT2D eigenvalue weighted by Crippen LogP contribution is 2.26. The Hall–Kier alpha value is -2.06. The van der Waals surface area contributed by atoms with Crippen molar-refractivity contribution >= 4 is 22.4 Å². The molecule has 1 unspecified atom stereocenters. The van der Waals surface area contributed by atoms with Gasteiger partial charge in [0.15, 0.2) is 5.13 Å². The average Bonchev–Trinajstić information content (AvgIpc) is 2.85. The number of halogens is 1. The van der Waals surface area contributed by atoms with Gasteiger partial charge in [0, 0.05) is 43.5 Å². The van der Waals surface area contributed by atoms with Gasteiger partial charge in [0.25, 0.3) is 0 Å². The van der Waals surface area contributed by atoms with E-state index in [2.05, 4.69) is 20.2 Å². The summed E-state index contributed by atoms with van der Waals surface area (Å²) < 4.78 is 20.2. The smallest absolute Gasteiger partial charge is 0.230 e. The number of nitrogens with zero attached hydrogens (tertiary/aromatic N) is 3. The Kier molecular flexibility index (Phi) is 5.83. The van der Waals surface area contributed by atoms with Crippen molar-refractivity contribution in [3.63, 3.8) is 0 Å². The van der Waals surface area contributed by atoms with Crippen molar-refractivity contribution in [2.24, 2.45) is 0 Å². The molecule has 1 amide bonds. The van der Waals surface area contributed by atoms with Crippen LogP contribution in [0.4, 0.5) is 9.52 Å². The molecule has 8 heteroatoms. The molecule has 140 valence electrons. The largest absolute Gasteiger partial charge is 0.489 e. The van der Waals surface area contributed by atoms with Gasteiger partial charge >= 0.3 is 0 Å². The van der Waals surface area contributed by atoms with E-state index in [1.54, 1.807) is 0 Å². The van der Waals surface area contributed by atoms with Crippen LogP contribution in [-0.4, -0.2) is 40.0 Å². The molecular formula is C18H23FN4O2S. The molecule has 1 fully saturated rings. The number of nitrogens with one attached hydrogen (secondary N) is 1. The third-order valence-electron chi connectivity index (χ3n) is 4.12. The van der Waals surface area contributed by atoms with E-state index in [4.69, 9.17) is 4.74 Å². The maximum absolute atomic E-state index is 14.0. The van der Waals surface area contributed by atoms with Crippen molar-refractivity contribution in [1.29, 1.82) is 0 Å². The summed E-state index contributed by atoms with van der Waals surface area (Å²) >= 11 is 1.18. The molecule has 2 aromatic heterocycles. The lowest BCUT2D eigenvalue weighted by molar-refractivity contribution is -0.114. The fourth-order valence-electron chi connectivity index (χ4n) is 3.15. The van der Waals surface area contributed by atoms with Gasteiger partial charge in [-0.15, -0.1) is 0 Å². The van der Waals surface area contributed by atoms with Crippen LogP contribution >= 0.6 is 11.3 Å². The summed E-state index contributed by atoms with van der Waals surface area (Å²) in [5.74, 6) is 0.0700. The second-order valence-corrected chi connectivity index (χ2v) is 7.70. The summed E-state index contributed by atoms with van der Waals surface area (Å²) in [7, 11) is 0. The average molecular weight is 378 g/mol. The van der Waals surface area contributed by atoms with Gasteiger partial charge in [-0.3, -0.25) is 14.7 Å². The predicted molar refractivity (Wildman–Crippen MR) is 99.0 cm³/mol. The van der Waals surface area contributed by atoms with Crippen molar-refractivity contribution in [1.82, 2.24) is 14.9 Å². The molecule has 1 atom stereocenters. The number of ether oxygens (including phenoxy) is 1. The zero-order chi connectivity index (χ0) is 18.7. The van der Waals surface area contributed by atoms with Crippen molar-refractivity contribution in [2.75, 3.05) is 18.4 Å². The Labute approximate surface area is 156 Å². The minimum Gasteiger partial charge on any atom is -0.489 e. The normalized spacial score (nSPS) is 17.9. The topological polar surface area (TPSA) is 67.4 Å². The van der Waals surface area contributed by atoms with Crippen LogP contribution in [0.5, 0.6) is 5.75 Å². The minimum absolute atomic E-state index is 0.0655. The SMILES string of the molecule is CC(=O)Nc1nc(F)c(CN2CCCC(Oc3cc(C)nc(C)c3)C2)s1. The Morgan fingerprint density at radius 3 is 2.81 bits per heavy atom. The van der Waals surface area contributed by atoms with Crippen LogP contribution in [0.3, 0.4) is 0 Å². The third-order valence-corrected chi connectivity index (χ3v) is 5.05. The van der Waals surface area contributed by atoms with Crippen LogP contribution in [0.2, 0.25) is 0 Å². The molecule has 1 N–H and O–H groups in total. The van der Waals surface area contributed by atoms with Crippen LogP contribution in [0.1, 0.15) is 36.0 Å². The second kappa shape index (κ2) is 8.09. The van der Waals surface area contributed by atoms with Crippen molar-refractivity contribution in [2.45, 2.75) is 46.3 Å². The lowest BCUT2D eigenvalue weighted by Gasteiger charge is -2.32. The monoisotopic (exact) mass is 378 g/mol. The van der Waals surface area contributed by atoms with E-state index in [1.165, 1.54) is 18.3 Å². The lowest BCUT2D eigenvalue weighted by atomic mass is 10.1. The zero-order valence-corrected chi connectivity index (χ0v) is 16.0. The summed E-state index contributed by atoms with van der Waals surface area (Å²) in [5, 5.41) is 2.84. The number of thiazole rings is 1. The van der Waals surface area contributed by atoms with Crippen molar-refractivity contribution in [3.05, 3.63) is 34.3 Å². The molecule has 0 aromatic carbocycles. The Bertz CT molecular complexity index is 775. The Morgan fingerprint density at radius 2 is 2.12 bits per heavy atom. The van der Waals surface area contributed by atoms with Gasteiger partial charge < -0.3 is 10.1 Å².